The molecule has 2 aromatic rings. The predicted octanol–water partition coefficient (Wildman–Crippen LogP) is 2.91. The molecule has 5 N–H and O–H groups in total. The number of rotatable bonds is 15. The molecule has 3 unspecified atom stereocenters. The minimum Gasteiger partial charge on any atom is -0.390 e. The Morgan fingerprint density at radius 3 is 2.18 bits per heavy atom. The van der Waals surface area contributed by atoms with E-state index in [1.54, 1.807) is 4.90 Å². The highest BCUT2D eigenvalue weighted by atomic mass is 16.3. The van der Waals surface area contributed by atoms with Crippen molar-refractivity contribution in [2.24, 2.45) is 5.73 Å². The molecule has 8 heteroatoms. The average Bonchev–Trinajstić information content (AvgIpc) is 2.92. The normalized spacial score (nSPS) is 13.1. The van der Waals surface area contributed by atoms with Crippen molar-refractivity contribution in [3.8, 4) is 12.3 Å². The van der Waals surface area contributed by atoms with Crippen molar-refractivity contribution in [1.29, 1.82) is 0 Å². The lowest BCUT2D eigenvalue weighted by Crippen LogP contribution is -2.50. The second-order valence-electron chi connectivity index (χ2n) is 9.38. The SMILES string of the molecule is C#CCCCC(O)C(O)C(Cc1ccccc1)NC(=O)c1cc(C(N)=O)cc(C(=O)N(CCC)CCC)c1. The molecule has 0 aliphatic rings. The van der Waals surface area contributed by atoms with Gasteiger partial charge in [-0.15, -0.1) is 12.3 Å². The number of aliphatic hydroxyl groups excluding tert-OH is 2. The molecule has 0 bridgehead atoms. The Morgan fingerprint density at radius 1 is 1.00 bits per heavy atom. The van der Waals surface area contributed by atoms with Crippen molar-refractivity contribution in [1.82, 2.24) is 10.2 Å². The fourth-order valence-corrected chi connectivity index (χ4v) is 4.29. The monoisotopic (exact) mass is 521 g/mol. The fourth-order valence-electron chi connectivity index (χ4n) is 4.29. The maximum absolute atomic E-state index is 13.4. The first-order valence-corrected chi connectivity index (χ1v) is 13.1. The van der Waals surface area contributed by atoms with Crippen LogP contribution in [0.2, 0.25) is 0 Å². The van der Waals surface area contributed by atoms with Crippen molar-refractivity contribution in [3.63, 3.8) is 0 Å². The third kappa shape index (κ3) is 9.02. The average molecular weight is 522 g/mol. The highest BCUT2D eigenvalue weighted by Gasteiger charge is 2.29. The van der Waals surface area contributed by atoms with Crippen LogP contribution in [-0.4, -0.2) is 64.2 Å². The summed E-state index contributed by atoms with van der Waals surface area (Å²) < 4.78 is 0. The van der Waals surface area contributed by atoms with Gasteiger partial charge in [0.05, 0.1) is 12.1 Å². The zero-order valence-electron chi connectivity index (χ0n) is 22.2. The van der Waals surface area contributed by atoms with Gasteiger partial charge in [-0.3, -0.25) is 14.4 Å². The van der Waals surface area contributed by atoms with Crippen molar-refractivity contribution in [2.45, 2.75) is 70.6 Å². The molecular formula is C30H39N3O5. The van der Waals surface area contributed by atoms with Crippen LogP contribution in [0.4, 0.5) is 0 Å². The van der Waals surface area contributed by atoms with Crippen LogP contribution in [0.25, 0.3) is 0 Å². The van der Waals surface area contributed by atoms with E-state index in [1.807, 2.05) is 44.2 Å². The number of hydrogen-bond donors (Lipinski definition) is 4. The van der Waals surface area contributed by atoms with E-state index in [1.165, 1.54) is 18.2 Å². The van der Waals surface area contributed by atoms with Gasteiger partial charge in [-0.25, -0.2) is 0 Å². The zero-order chi connectivity index (χ0) is 28.1. The van der Waals surface area contributed by atoms with Gasteiger partial charge in [0, 0.05) is 36.2 Å². The Kier molecular flexibility index (Phi) is 12.5. The molecule has 0 aliphatic carbocycles. The summed E-state index contributed by atoms with van der Waals surface area (Å²) >= 11 is 0. The van der Waals surface area contributed by atoms with Crippen LogP contribution < -0.4 is 11.1 Å². The molecule has 3 atom stereocenters. The van der Waals surface area contributed by atoms with Gasteiger partial charge in [0.15, 0.2) is 0 Å². The number of carbonyl (C=O) groups excluding carboxylic acids is 3. The molecule has 3 amide bonds. The molecule has 0 heterocycles. The van der Waals surface area contributed by atoms with E-state index in [4.69, 9.17) is 12.2 Å². The number of unbranched alkanes of at least 4 members (excludes halogenated alkanes) is 1. The third-order valence-corrected chi connectivity index (χ3v) is 6.24. The summed E-state index contributed by atoms with van der Waals surface area (Å²) in [6, 6.07) is 12.6. The molecule has 0 saturated heterocycles. The van der Waals surface area contributed by atoms with E-state index in [9.17, 15) is 24.6 Å². The van der Waals surface area contributed by atoms with Gasteiger partial charge in [-0.05, 0) is 55.9 Å². The fraction of sp³-hybridized carbons (Fsp3) is 0.433. The second-order valence-corrected chi connectivity index (χ2v) is 9.38. The summed E-state index contributed by atoms with van der Waals surface area (Å²) in [6.07, 6.45) is 5.94. The standard InChI is InChI=1S/C30H39N3O5/c1-4-7-9-14-26(34)27(35)25(17-21-12-10-8-11-13-21)32-29(37)23-18-22(28(31)36)19-24(20-23)30(38)33(15-5-2)16-6-3/h1,8,10-13,18-20,25-27,34-35H,5-7,9,14-17H2,2-3H3,(H2,31,36)(H,32,37). The largest absolute Gasteiger partial charge is 0.390 e. The number of hydrogen-bond acceptors (Lipinski definition) is 5. The summed E-state index contributed by atoms with van der Waals surface area (Å²) in [4.78, 5) is 40.3. The van der Waals surface area contributed by atoms with Crippen LogP contribution in [0.15, 0.2) is 48.5 Å². The van der Waals surface area contributed by atoms with Gasteiger partial charge < -0.3 is 26.2 Å². The van der Waals surface area contributed by atoms with E-state index >= 15 is 0 Å². The number of primary amides is 1. The van der Waals surface area contributed by atoms with Gasteiger partial charge in [0.1, 0.15) is 6.10 Å². The number of nitrogens with one attached hydrogen (secondary N) is 1. The summed E-state index contributed by atoms with van der Waals surface area (Å²) in [6.45, 7) is 5.01. The Labute approximate surface area is 225 Å². The number of benzene rings is 2. The minimum atomic E-state index is -1.28. The lowest BCUT2D eigenvalue weighted by atomic mass is 9.94. The molecule has 0 aromatic heterocycles. The first-order chi connectivity index (χ1) is 18.2. The maximum atomic E-state index is 13.4. The van der Waals surface area contributed by atoms with Crippen LogP contribution in [0.1, 0.15) is 82.6 Å². The summed E-state index contributed by atoms with van der Waals surface area (Å²) in [5, 5.41) is 24.3. The molecule has 0 saturated carbocycles. The molecule has 0 spiro atoms. The van der Waals surface area contributed by atoms with Crippen molar-refractivity contribution < 1.29 is 24.6 Å². The molecule has 0 fully saturated rings. The number of carbonyl (C=O) groups is 3. The van der Waals surface area contributed by atoms with Crippen LogP contribution in [0, 0.1) is 12.3 Å². The molecule has 204 valence electrons. The topological polar surface area (TPSA) is 133 Å². The number of nitrogens with two attached hydrogens (primary N) is 1. The van der Waals surface area contributed by atoms with Crippen molar-refractivity contribution in [2.75, 3.05) is 13.1 Å². The zero-order valence-corrected chi connectivity index (χ0v) is 22.2. The molecule has 2 rings (SSSR count). The number of nitrogens with zero attached hydrogens (tertiary/aromatic N) is 1. The first kappa shape index (κ1) is 30.6. The highest BCUT2D eigenvalue weighted by Crippen LogP contribution is 2.17. The van der Waals surface area contributed by atoms with E-state index < -0.39 is 30.1 Å². The maximum Gasteiger partial charge on any atom is 0.253 e. The third-order valence-electron chi connectivity index (χ3n) is 6.24. The van der Waals surface area contributed by atoms with Crippen LogP contribution >= 0.6 is 0 Å². The molecule has 8 nitrogen and oxygen atoms in total. The van der Waals surface area contributed by atoms with Gasteiger partial charge in [-0.2, -0.15) is 0 Å². The summed E-state index contributed by atoms with van der Waals surface area (Å²) in [5.41, 5.74) is 6.64. The molecule has 0 aliphatic heterocycles. The summed E-state index contributed by atoms with van der Waals surface area (Å²) in [7, 11) is 0. The van der Waals surface area contributed by atoms with Gasteiger partial charge in [-0.1, -0.05) is 44.2 Å². The van der Waals surface area contributed by atoms with Gasteiger partial charge in [0.25, 0.3) is 11.8 Å². The molecular weight excluding hydrogens is 482 g/mol. The van der Waals surface area contributed by atoms with E-state index in [2.05, 4.69) is 11.2 Å². The van der Waals surface area contributed by atoms with E-state index in [-0.39, 0.29) is 35.4 Å². The van der Waals surface area contributed by atoms with E-state index in [0.29, 0.717) is 25.9 Å². The van der Waals surface area contributed by atoms with Crippen LogP contribution in [0.5, 0.6) is 0 Å². The van der Waals surface area contributed by atoms with Gasteiger partial charge >= 0.3 is 0 Å². The van der Waals surface area contributed by atoms with Crippen LogP contribution in [-0.2, 0) is 6.42 Å². The lowest BCUT2D eigenvalue weighted by molar-refractivity contribution is -0.00787. The molecule has 38 heavy (non-hydrogen) atoms. The van der Waals surface area contributed by atoms with E-state index in [0.717, 1.165) is 18.4 Å². The van der Waals surface area contributed by atoms with Gasteiger partial charge in [0.2, 0.25) is 5.91 Å². The minimum absolute atomic E-state index is 0.0309. The number of aliphatic hydroxyl groups is 2. The first-order valence-electron chi connectivity index (χ1n) is 13.1. The highest BCUT2D eigenvalue weighted by molar-refractivity contribution is 6.04. The number of amides is 3. The number of terminal acetylenes is 1. The Hall–Kier alpha value is -3.67. The van der Waals surface area contributed by atoms with Crippen LogP contribution in [0.3, 0.4) is 0 Å². The Balaban J connectivity index is 2.37. The lowest BCUT2D eigenvalue weighted by Gasteiger charge is -2.28. The quantitative estimate of drug-likeness (QED) is 0.211. The smallest absolute Gasteiger partial charge is 0.253 e. The Bertz CT molecular complexity index is 1110. The Morgan fingerprint density at radius 2 is 1.61 bits per heavy atom. The second kappa shape index (κ2) is 15.6. The van der Waals surface area contributed by atoms with Crippen molar-refractivity contribution >= 4 is 17.7 Å². The predicted molar refractivity (Wildman–Crippen MR) is 148 cm³/mol. The summed E-state index contributed by atoms with van der Waals surface area (Å²) in [5.74, 6) is 0.841. The van der Waals surface area contributed by atoms with Crippen molar-refractivity contribution in [3.05, 3.63) is 70.8 Å². The molecule has 2 aromatic carbocycles. The molecule has 0 radical (unpaired) electrons.